The van der Waals surface area contributed by atoms with Crippen LogP contribution in [0.5, 0.6) is 0 Å². The molecule has 0 heterocycles. The van der Waals surface area contributed by atoms with Crippen molar-refractivity contribution in [2.75, 3.05) is 28.2 Å². The Bertz CT molecular complexity index is 124. The van der Waals surface area contributed by atoms with Crippen LogP contribution in [-0.2, 0) is 0 Å². The lowest BCUT2D eigenvalue weighted by Gasteiger charge is -2.09. The van der Waals surface area contributed by atoms with Crippen molar-refractivity contribution in [1.29, 1.82) is 0 Å². The normalized spacial score (nSPS) is 12.7. The van der Waals surface area contributed by atoms with Gasteiger partial charge in [-0.2, -0.15) is 0 Å². The van der Waals surface area contributed by atoms with E-state index >= 15 is 0 Å². The van der Waals surface area contributed by atoms with E-state index in [0.717, 1.165) is 5.84 Å². The van der Waals surface area contributed by atoms with Gasteiger partial charge in [-0.15, -0.1) is 0 Å². The maximum absolute atomic E-state index is 3.97. The minimum absolute atomic E-state index is 0.887. The van der Waals surface area contributed by atoms with Crippen LogP contribution in [0.1, 0.15) is 0 Å². The van der Waals surface area contributed by atoms with Crippen LogP contribution < -0.4 is 0 Å². The van der Waals surface area contributed by atoms with Crippen molar-refractivity contribution in [2.24, 2.45) is 9.98 Å². The van der Waals surface area contributed by atoms with Crippen molar-refractivity contribution in [2.45, 2.75) is 0 Å². The minimum atomic E-state index is 0.887. The second-order valence-electron chi connectivity index (χ2n) is 1.86. The van der Waals surface area contributed by atoms with E-state index in [1.165, 1.54) is 0 Å². The summed E-state index contributed by atoms with van der Waals surface area (Å²) in [6.45, 7) is 0. The lowest BCUT2D eigenvalue weighted by Crippen LogP contribution is -2.22. The standard InChI is InChI=1S/C6H13N3/c1-7-5-6(8-2)9(3)4/h5H,1-4H3. The summed E-state index contributed by atoms with van der Waals surface area (Å²) in [6.07, 6.45) is 1.72. The molecule has 0 aliphatic heterocycles. The van der Waals surface area contributed by atoms with Gasteiger partial charge in [0.15, 0.2) is 0 Å². The van der Waals surface area contributed by atoms with Crippen LogP contribution in [-0.4, -0.2) is 45.1 Å². The summed E-state index contributed by atoms with van der Waals surface area (Å²) in [5, 5.41) is 0. The summed E-state index contributed by atoms with van der Waals surface area (Å²) >= 11 is 0. The molecular formula is C6H13N3. The van der Waals surface area contributed by atoms with E-state index in [-0.39, 0.29) is 0 Å². The molecule has 0 radical (unpaired) electrons. The van der Waals surface area contributed by atoms with E-state index in [9.17, 15) is 0 Å². The van der Waals surface area contributed by atoms with Crippen LogP contribution in [0.3, 0.4) is 0 Å². The van der Waals surface area contributed by atoms with Gasteiger partial charge in [-0.25, -0.2) is 0 Å². The van der Waals surface area contributed by atoms with Gasteiger partial charge in [0, 0.05) is 28.2 Å². The second-order valence-corrected chi connectivity index (χ2v) is 1.86. The molecule has 9 heavy (non-hydrogen) atoms. The molecule has 0 N–H and O–H groups in total. The lowest BCUT2D eigenvalue weighted by molar-refractivity contribution is 0.631. The first-order valence-electron chi connectivity index (χ1n) is 2.78. The van der Waals surface area contributed by atoms with Crippen molar-refractivity contribution in [3.8, 4) is 0 Å². The molecule has 0 aromatic rings. The van der Waals surface area contributed by atoms with E-state index in [0.29, 0.717) is 0 Å². The summed E-state index contributed by atoms with van der Waals surface area (Å²) in [6, 6.07) is 0. The number of aliphatic imine (C=N–C) groups is 2. The van der Waals surface area contributed by atoms with Gasteiger partial charge in [0.25, 0.3) is 0 Å². The van der Waals surface area contributed by atoms with E-state index in [2.05, 4.69) is 9.98 Å². The van der Waals surface area contributed by atoms with E-state index in [4.69, 9.17) is 0 Å². The number of nitrogens with zero attached hydrogens (tertiary/aromatic N) is 3. The second kappa shape index (κ2) is 4.06. The molecule has 0 fully saturated rings. The highest BCUT2D eigenvalue weighted by atomic mass is 15.1. The van der Waals surface area contributed by atoms with Crippen LogP contribution in [0, 0.1) is 0 Å². The van der Waals surface area contributed by atoms with Gasteiger partial charge < -0.3 is 4.90 Å². The summed E-state index contributed by atoms with van der Waals surface area (Å²) in [4.78, 5) is 9.71. The summed E-state index contributed by atoms with van der Waals surface area (Å²) in [5.74, 6) is 0.887. The molecule has 3 heteroatoms. The topological polar surface area (TPSA) is 28.0 Å². The van der Waals surface area contributed by atoms with E-state index in [1.54, 1.807) is 20.3 Å². The molecule has 0 spiro atoms. The largest absolute Gasteiger partial charge is 0.362 e. The van der Waals surface area contributed by atoms with Gasteiger partial charge in [-0.1, -0.05) is 0 Å². The van der Waals surface area contributed by atoms with Gasteiger partial charge in [0.2, 0.25) is 0 Å². The van der Waals surface area contributed by atoms with Gasteiger partial charge in [-0.3, -0.25) is 9.98 Å². The Morgan fingerprint density at radius 1 is 1.33 bits per heavy atom. The molecule has 0 aliphatic carbocycles. The molecule has 0 unspecified atom stereocenters. The first kappa shape index (κ1) is 8.14. The average molecular weight is 127 g/mol. The van der Waals surface area contributed by atoms with Crippen molar-refractivity contribution in [1.82, 2.24) is 4.90 Å². The Morgan fingerprint density at radius 3 is 2.00 bits per heavy atom. The third-order valence-corrected chi connectivity index (χ3v) is 0.932. The fourth-order valence-electron chi connectivity index (χ4n) is 0.489. The molecule has 0 saturated carbocycles. The van der Waals surface area contributed by atoms with Gasteiger partial charge in [-0.05, 0) is 0 Å². The summed E-state index contributed by atoms with van der Waals surface area (Å²) in [7, 11) is 7.35. The zero-order chi connectivity index (χ0) is 7.28. The molecule has 0 rings (SSSR count). The molecule has 0 atom stereocenters. The molecule has 0 aromatic carbocycles. The Balaban J connectivity index is 4.01. The predicted molar refractivity (Wildman–Crippen MR) is 41.5 cm³/mol. The van der Waals surface area contributed by atoms with E-state index < -0.39 is 0 Å². The molecule has 0 amide bonds. The van der Waals surface area contributed by atoms with Crippen LogP contribution >= 0.6 is 0 Å². The number of amidine groups is 1. The highest BCUT2D eigenvalue weighted by Crippen LogP contribution is 1.77. The maximum atomic E-state index is 3.97. The maximum Gasteiger partial charge on any atom is 0.141 e. The zero-order valence-corrected chi connectivity index (χ0v) is 6.42. The SMILES string of the molecule is CN=CC(=NC)N(C)C. The minimum Gasteiger partial charge on any atom is -0.362 e. The molecule has 0 aromatic heterocycles. The first-order valence-corrected chi connectivity index (χ1v) is 2.78. The number of hydrogen-bond donors (Lipinski definition) is 0. The van der Waals surface area contributed by atoms with Crippen molar-refractivity contribution in [3.63, 3.8) is 0 Å². The summed E-state index contributed by atoms with van der Waals surface area (Å²) < 4.78 is 0. The van der Waals surface area contributed by atoms with Crippen LogP contribution in [0.25, 0.3) is 0 Å². The quantitative estimate of drug-likeness (QED) is 0.367. The third-order valence-electron chi connectivity index (χ3n) is 0.932. The molecule has 0 aliphatic rings. The van der Waals surface area contributed by atoms with Crippen LogP contribution in [0.2, 0.25) is 0 Å². The molecular weight excluding hydrogens is 114 g/mol. The number of hydrogen-bond acceptors (Lipinski definition) is 2. The highest BCUT2D eigenvalue weighted by molar-refractivity contribution is 6.29. The molecule has 52 valence electrons. The average Bonchev–Trinajstić information content (AvgIpc) is 1.82. The number of rotatable bonds is 1. The van der Waals surface area contributed by atoms with Crippen molar-refractivity contribution >= 4 is 12.1 Å². The Morgan fingerprint density at radius 2 is 1.89 bits per heavy atom. The van der Waals surface area contributed by atoms with Crippen molar-refractivity contribution in [3.05, 3.63) is 0 Å². The lowest BCUT2D eigenvalue weighted by atomic mass is 10.6. The zero-order valence-electron chi connectivity index (χ0n) is 6.42. The Labute approximate surface area is 56.1 Å². The third kappa shape index (κ3) is 2.85. The van der Waals surface area contributed by atoms with Gasteiger partial charge in [0.1, 0.15) is 5.84 Å². The molecule has 0 bridgehead atoms. The smallest absolute Gasteiger partial charge is 0.141 e. The predicted octanol–water partition coefficient (Wildman–Crippen LogP) is 0.277. The Hall–Kier alpha value is -0.860. The van der Waals surface area contributed by atoms with E-state index in [1.807, 2.05) is 19.0 Å². The highest BCUT2D eigenvalue weighted by Gasteiger charge is 1.91. The van der Waals surface area contributed by atoms with Gasteiger partial charge >= 0.3 is 0 Å². The Kier molecular flexibility index (Phi) is 3.67. The fourth-order valence-corrected chi connectivity index (χ4v) is 0.489. The fraction of sp³-hybridized carbons (Fsp3) is 0.667. The first-order chi connectivity index (χ1) is 4.22. The van der Waals surface area contributed by atoms with Crippen molar-refractivity contribution < 1.29 is 0 Å². The van der Waals surface area contributed by atoms with Crippen LogP contribution in [0.15, 0.2) is 9.98 Å². The summed E-state index contributed by atoms with van der Waals surface area (Å²) in [5.41, 5.74) is 0. The molecule has 3 nitrogen and oxygen atoms in total. The van der Waals surface area contributed by atoms with Crippen LogP contribution in [0.4, 0.5) is 0 Å². The molecule has 0 saturated heterocycles. The monoisotopic (exact) mass is 127 g/mol. The van der Waals surface area contributed by atoms with Gasteiger partial charge in [0.05, 0.1) is 6.21 Å².